The standard InChI is InChI=1S/C70H48N2/c1-4-22-49(23-5-1)60-37-12-13-38-65(60)69-62(51-24-6-2-7-25-51)41-20-42-63(69)53-29-17-34-57(47-53)71(56-33-16-28-52(46-56)61-40-19-27-50-26-10-11-36-59(50)61)58-35-18-30-54(48-58)64-43-21-45-68-70(64)66-39-14-15-44-67(66)72(68)55-31-8-3-9-32-55/h1-48H. The number of benzene rings is 12. The van der Waals surface area contributed by atoms with Gasteiger partial charge in [-0.3, -0.25) is 0 Å². The van der Waals surface area contributed by atoms with E-state index in [2.05, 4.69) is 301 Å². The molecule has 0 bridgehead atoms. The van der Waals surface area contributed by atoms with E-state index in [0.717, 1.165) is 39.4 Å². The maximum atomic E-state index is 2.44. The molecule has 0 aliphatic heterocycles. The molecule has 0 radical (unpaired) electrons. The van der Waals surface area contributed by atoms with Crippen LogP contribution in [0.1, 0.15) is 0 Å². The molecule has 1 heterocycles. The number of para-hydroxylation sites is 2. The second kappa shape index (κ2) is 18.4. The molecule has 72 heavy (non-hydrogen) atoms. The summed E-state index contributed by atoms with van der Waals surface area (Å²) in [7, 11) is 0. The zero-order chi connectivity index (χ0) is 47.8. The molecule has 2 nitrogen and oxygen atoms in total. The molecule has 0 saturated carbocycles. The van der Waals surface area contributed by atoms with E-state index in [1.165, 1.54) is 82.6 Å². The van der Waals surface area contributed by atoms with Crippen LogP contribution in [0.5, 0.6) is 0 Å². The molecule has 0 saturated heterocycles. The SMILES string of the molecule is c1ccc(-c2ccccc2-c2c(-c3ccccc3)cccc2-c2cccc(N(c3cccc(-c4cccc5ccccc45)c3)c3cccc(-c4cccc5c4c4ccccc4n5-c4ccccc4)c3)c2)cc1. The van der Waals surface area contributed by atoms with Crippen molar-refractivity contribution in [1.82, 2.24) is 4.57 Å². The van der Waals surface area contributed by atoms with Crippen molar-refractivity contribution in [3.63, 3.8) is 0 Å². The van der Waals surface area contributed by atoms with Crippen LogP contribution in [0.2, 0.25) is 0 Å². The van der Waals surface area contributed by atoms with E-state index in [-0.39, 0.29) is 0 Å². The number of rotatable bonds is 10. The monoisotopic (exact) mass is 916 g/mol. The number of fused-ring (bicyclic) bond motifs is 4. The Morgan fingerprint density at radius 1 is 0.250 bits per heavy atom. The van der Waals surface area contributed by atoms with Gasteiger partial charge in [-0.25, -0.2) is 0 Å². The summed E-state index contributed by atoms with van der Waals surface area (Å²) in [5, 5.41) is 4.93. The first-order valence-corrected chi connectivity index (χ1v) is 24.8. The number of aromatic nitrogens is 1. The molecule has 0 aliphatic rings. The average molecular weight is 917 g/mol. The number of hydrogen-bond acceptors (Lipinski definition) is 1. The Morgan fingerprint density at radius 3 is 1.33 bits per heavy atom. The number of nitrogens with zero attached hydrogens (tertiary/aromatic N) is 2. The lowest BCUT2D eigenvalue weighted by atomic mass is 9.84. The summed E-state index contributed by atoms with van der Waals surface area (Å²) in [6.07, 6.45) is 0. The van der Waals surface area contributed by atoms with Gasteiger partial charge in [0.15, 0.2) is 0 Å². The minimum atomic E-state index is 1.06. The van der Waals surface area contributed by atoms with Crippen molar-refractivity contribution < 1.29 is 0 Å². The lowest BCUT2D eigenvalue weighted by molar-refractivity contribution is 1.18. The van der Waals surface area contributed by atoms with Crippen molar-refractivity contribution in [2.45, 2.75) is 0 Å². The minimum Gasteiger partial charge on any atom is -0.310 e. The van der Waals surface area contributed by atoms with Crippen molar-refractivity contribution in [3.8, 4) is 72.4 Å². The predicted octanol–water partition coefficient (Wildman–Crippen LogP) is 19.4. The highest BCUT2D eigenvalue weighted by Gasteiger charge is 2.22. The third kappa shape index (κ3) is 7.63. The van der Waals surface area contributed by atoms with Crippen LogP contribution in [0.3, 0.4) is 0 Å². The summed E-state index contributed by atoms with van der Waals surface area (Å²) in [5.74, 6) is 0. The molecule has 13 aromatic rings. The van der Waals surface area contributed by atoms with E-state index in [1.807, 2.05) is 0 Å². The van der Waals surface area contributed by atoms with Gasteiger partial charge < -0.3 is 9.47 Å². The van der Waals surface area contributed by atoms with Gasteiger partial charge in [0.25, 0.3) is 0 Å². The number of hydrogen-bond donors (Lipinski definition) is 0. The molecular formula is C70H48N2. The first-order chi connectivity index (χ1) is 35.7. The summed E-state index contributed by atoms with van der Waals surface area (Å²) in [6.45, 7) is 0. The smallest absolute Gasteiger partial charge is 0.0547 e. The fourth-order valence-electron chi connectivity index (χ4n) is 11.0. The van der Waals surface area contributed by atoms with E-state index in [0.29, 0.717) is 0 Å². The Morgan fingerprint density at radius 2 is 0.653 bits per heavy atom. The van der Waals surface area contributed by atoms with Crippen LogP contribution in [-0.2, 0) is 0 Å². The van der Waals surface area contributed by atoms with Crippen LogP contribution < -0.4 is 4.90 Å². The van der Waals surface area contributed by atoms with E-state index < -0.39 is 0 Å². The Hall–Kier alpha value is -9.50. The zero-order valence-electron chi connectivity index (χ0n) is 39.6. The summed E-state index contributed by atoms with van der Waals surface area (Å²) in [5.41, 5.74) is 20.9. The zero-order valence-corrected chi connectivity index (χ0v) is 39.6. The summed E-state index contributed by atoms with van der Waals surface area (Å²) < 4.78 is 2.40. The highest BCUT2D eigenvalue weighted by molar-refractivity contribution is 6.16. The summed E-state index contributed by atoms with van der Waals surface area (Å²) >= 11 is 0. The Bertz CT molecular complexity index is 4090. The van der Waals surface area contributed by atoms with E-state index in [9.17, 15) is 0 Å². The molecular weight excluding hydrogens is 869 g/mol. The predicted molar refractivity (Wildman–Crippen MR) is 306 cm³/mol. The van der Waals surface area contributed by atoms with Gasteiger partial charge in [-0.2, -0.15) is 0 Å². The van der Waals surface area contributed by atoms with Crippen LogP contribution in [0, 0.1) is 0 Å². The summed E-state index contributed by atoms with van der Waals surface area (Å²) in [6, 6.07) is 106. The molecule has 0 aliphatic carbocycles. The maximum Gasteiger partial charge on any atom is 0.0547 e. The molecule has 0 atom stereocenters. The van der Waals surface area contributed by atoms with Crippen molar-refractivity contribution in [1.29, 1.82) is 0 Å². The third-order valence-electron chi connectivity index (χ3n) is 14.2. The molecule has 13 rings (SSSR count). The summed E-state index contributed by atoms with van der Waals surface area (Å²) in [4.78, 5) is 2.44. The highest BCUT2D eigenvalue weighted by Crippen LogP contribution is 2.47. The van der Waals surface area contributed by atoms with Gasteiger partial charge in [-0.15, -0.1) is 0 Å². The Balaban J connectivity index is 1.02. The Kier molecular flexibility index (Phi) is 10.9. The van der Waals surface area contributed by atoms with Gasteiger partial charge in [0.2, 0.25) is 0 Å². The molecule has 2 heteroatoms. The van der Waals surface area contributed by atoms with Crippen LogP contribution in [-0.4, -0.2) is 4.57 Å². The van der Waals surface area contributed by atoms with Crippen molar-refractivity contribution >= 4 is 49.6 Å². The van der Waals surface area contributed by atoms with E-state index in [4.69, 9.17) is 0 Å². The van der Waals surface area contributed by atoms with Gasteiger partial charge in [-0.1, -0.05) is 231 Å². The minimum absolute atomic E-state index is 1.06. The molecule has 1 aromatic heterocycles. The molecule has 0 amide bonds. The lowest BCUT2D eigenvalue weighted by Crippen LogP contribution is -2.10. The molecule has 338 valence electrons. The van der Waals surface area contributed by atoms with Crippen LogP contribution >= 0.6 is 0 Å². The number of anilines is 3. The van der Waals surface area contributed by atoms with Crippen molar-refractivity contribution in [2.24, 2.45) is 0 Å². The van der Waals surface area contributed by atoms with Gasteiger partial charge >= 0.3 is 0 Å². The third-order valence-corrected chi connectivity index (χ3v) is 14.2. The highest BCUT2D eigenvalue weighted by atomic mass is 15.1. The molecule has 0 N–H and O–H groups in total. The van der Waals surface area contributed by atoms with Gasteiger partial charge in [-0.05, 0) is 138 Å². The van der Waals surface area contributed by atoms with E-state index in [1.54, 1.807) is 0 Å². The average Bonchev–Trinajstić information content (AvgIpc) is 3.80. The van der Waals surface area contributed by atoms with E-state index >= 15 is 0 Å². The lowest BCUT2D eigenvalue weighted by Gasteiger charge is -2.27. The van der Waals surface area contributed by atoms with Gasteiger partial charge in [0, 0.05) is 33.5 Å². The molecule has 0 spiro atoms. The van der Waals surface area contributed by atoms with Gasteiger partial charge in [0.05, 0.1) is 11.0 Å². The fourth-order valence-corrected chi connectivity index (χ4v) is 11.0. The van der Waals surface area contributed by atoms with Crippen LogP contribution in [0.4, 0.5) is 17.1 Å². The molecule has 0 fully saturated rings. The first kappa shape index (κ1) is 42.6. The quantitative estimate of drug-likeness (QED) is 0.133. The maximum absolute atomic E-state index is 2.44. The van der Waals surface area contributed by atoms with Crippen molar-refractivity contribution in [3.05, 3.63) is 291 Å². The molecule has 0 unspecified atom stereocenters. The van der Waals surface area contributed by atoms with Crippen LogP contribution in [0.15, 0.2) is 291 Å². The first-order valence-electron chi connectivity index (χ1n) is 24.8. The topological polar surface area (TPSA) is 8.17 Å². The second-order valence-electron chi connectivity index (χ2n) is 18.4. The van der Waals surface area contributed by atoms with Gasteiger partial charge in [0.1, 0.15) is 0 Å². The van der Waals surface area contributed by atoms with Crippen LogP contribution in [0.25, 0.3) is 105 Å². The fraction of sp³-hybridized carbons (Fsp3) is 0. The van der Waals surface area contributed by atoms with Crippen molar-refractivity contribution in [2.75, 3.05) is 4.90 Å². The Labute approximate surface area is 420 Å². The second-order valence-corrected chi connectivity index (χ2v) is 18.4. The molecule has 12 aromatic carbocycles. The normalized spacial score (nSPS) is 11.3. The largest absolute Gasteiger partial charge is 0.310 e.